The number of hydrogen-bond acceptors (Lipinski definition) is 4. The first kappa shape index (κ1) is 13.6. The van der Waals surface area contributed by atoms with Crippen molar-refractivity contribution in [2.24, 2.45) is 5.73 Å². The Balaban J connectivity index is 2.04. The molecule has 0 atom stereocenters. The lowest BCUT2D eigenvalue weighted by Crippen LogP contribution is -2.22. The number of nitrogens with zero attached hydrogens (tertiary/aromatic N) is 2. The average Bonchev–Trinajstić information content (AvgIpc) is 2.93. The number of aromatic nitrogens is 1. The summed E-state index contributed by atoms with van der Waals surface area (Å²) in [4.78, 5) is 6.70. The molecule has 0 aliphatic rings. The molecule has 0 aliphatic heterocycles. The van der Waals surface area contributed by atoms with Crippen molar-refractivity contribution in [3.63, 3.8) is 0 Å². The Morgan fingerprint density at radius 1 is 1.10 bits per heavy atom. The van der Waals surface area contributed by atoms with Crippen LogP contribution >= 0.6 is 0 Å². The number of oxazole rings is 1. The third kappa shape index (κ3) is 2.76. The molecule has 4 nitrogen and oxygen atoms in total. The van der Waals surface area contributed by atoms with Crippen molar-refractivity contribution in [3.8, 4) is 0 Å². The van der Waals surface area contributed by atoms with E-state index >= 15 is 0 Å². The fourth-order valence-corrected chi connectivity index (χ4v) is 2.41. The lowest BCUT2D eigenvalue weighted by atomic mass is 10.2. The molecule has 0 bridgehead atoms. The number of fused-ring (bicyclic) bond motifs is 1. The normalized spacial score (nSPS) is 11.0. The summed E-state index contributed by atoms with van der Waals surface area (Å²) in [5.41, 5.74) is 9.65. The Hall–Kier alpha value is -2.33. The molecule has 21 heavy (non-hydrogen) atoms. The van der Waals surface area contributed by atoms with E-state index in [0.29, 0.717) is 12.6 Å². The second-order valence-corrected chi connectivity index (χ2v) is 5.04. The van der Waals surface area contributed by atoms with Gasteiger partial charge in [-0.05, 0) is 43.7 Å². The van der Waals surface area contributed by atoms with Gasteiger partial charge >= 0.3 is 6.01 Å². The Kier molecular flexibility index (Phi) is 3.88. The molecule has 0 saturated carbocycles. The van der Waals surface area contributed by atoms with Crippen LogP contribution in [0.1, 0.15) is 12.0 Å². The van der Waals surface area contributed by atoms with E-state index in [1.165, 1.54) is 5.56 Å². The minimum atomic E-state index is 0.624. The van der Waals surface area contributed by atoms with Gasteiger partial charge in [0.2, 0.25) is 0 Å². The maximum atomic E-state index is 5.91. The van der Waals surface area contributed by atoms with Crippen LogP contribution in [0.4, 0.5) is 11.7 Å². The first-order valence-electron chi connectivity index (χ1n) is 7.18. The molecule has 0 radical (unpaired) electrons. The summed E-state index contributed by atoms with van der Waals surface area (Å²) in [6.45, 7) is 3.52. The number of nitrogens with two attached hydrogens (primary N) is 1. The van der Waals surface area contributed by atoms with E-state index in [4.69, 9.17) is 10.2 Å². The lowest BCUT2D eigenvalue weighted by Gasteiger charge is -2.22. The smallest absolute Gasteiger partial charge is 0.302 e. The van der Waals surface area contributed by atoms with E-state index in [1.807, 2.05) is 36.4 Å². The number of para-hydroxylation sites is 3. The molecule has 0 aliphatic carbocycles. The zero-order valence-corrected chi connectivity index (χ0v) is 12.1. The molecule has 0 spiro atoms. The highest BCUT2D eigenvalue weighted by molar-refractivity contribution is 5.76. The summed E-state index contributed by atoms with van der Waals surface area (Å²) >= 11 is 0. The fourth-order valence-electron chi connectivity index (χ4n) is 2.41. The summed E-state index contributed by atoms with van der Waals surface area (Å²) in [6, 6.07) is 16.7. The molecular weight excluding hydrogens is 262 g/mol. The van der Waals surface area contributed by atoms with Crippen LogP contribution in [0.25, 0.3) is 11.1 Å². The van der Waals surface area contributed by atoms with Crippen molar-refractivity contribution < 1.29 is 4.42 Å². The molecule has 4 heteroatoms. The van der Waals surface area contributed by atoms with Gasteiger partial charge in [-0.25, -0.2) is 0 Å². The zero-order valence-electron chi connectivity index (χ0n) is 12.1. The van der Waals surface area contributed by atoms with Crippen LogP contribution in [-0.2, 0) is 0 Å². The maximum Gasteiger partial charge on any atom is 0.302 e. The number of aryl methyl sites for hydroxylation is 1. The second-order valence-electron chi connectivity index (χ2n) is 5.04. The molecule has 2 N–H and O–H groups in total. The van der Waals surface area contributed by atoms with Crippen LogP contribution in [0.5, 0.6) is 0 Å². The third-order valence-electron chi connectivity index (χ3n) is 3.51. The number of hydrogen-bond donors (Lipinski definition) is 1. The van der Waals surface area contributed by atoms with Gasteiger partial charge in [0.1, 0.15) is 5.52 Å². The Bertz CT molecular complexity index is 702. The molecule has 1 aromatic heterocycles. The van der Waals surface area contributed by atoms with Crippen molar-refractivity contribution in [1.29, 1.82) is 0 Å². The van der Waals surface area contributed by atoms with Gasteiger partial charge in [0.15, 0.2) is 5.58 Å². The van der Waals surface area contributed by atoms with Crippen LogP contribution < -0.4 is 10.6 Å². The van der Waals surface area contributed by atoms with Gasteiger partial charge in [0.25, 0.3) is 0 Å². The first-order chi connectivity index (χ1) is 10.3. The Morgan fingerprint density at radius 3 is 2.62 bits per heavy atom. The maximum absolute atomic E-state index is 5.91. The van der Waals surface area contributed by atoms with Gasteiger partial charge in [-0.15, -0.1) is 0 Å². The zero-order chi connectivity index (χ0) is 14.7. The first-order valence-corrected chi connectivity index (χ1v) is 7.18. The summed E-state index contributed by atoms with van der Waals surface area (Å²) in [6.07, 6.45) is 0.882. The van der Waals surface area contributed by atoms with Gasteiger partial charge in [0.05, 0.1) is 0 Å². The third-order valence-corrected chi connectivity index (χ3v) is 3.51. The summed E-state index contributed by atoms with van der Waals surface area (Å²) in [5, 5.41) is 0. The molecular formula is C17H19N3O. The number of anilines is 2. The molecule has 0 unspecified atom stereocenters. The Labute approximate surface area is 124 Å². The molecule has 2 aromatic carbocycles. The molecule has 0 saturated heterocycles. The summed E-state index contributed by atoms with van der Waals surface area (Å²) in [5.74, 6) is 0. The lowest BCUT2D eigenvalue weighted by molar-refractivity contribution is 0.587. The molecule has 0 fully saturated rings. The van der Waals surface area contributed by atoms with Crippen molar-refractivity contribution in [3.05, 3.63) is 54.1 Å². The molecule has 3 rings (SSSR count). The average molecular weight is 281 g/mol. The second kappa shape index (κ2) is 5.97. The van der Waals surface area contributed by atoms with Gasteiger partial charge in [-0.2, -0.15) is 4.98 Å². The largest absolute Gasteiger partial charge is 0.423 e. The van der Waals surface area contributed by atoms with Gasteiger partial charge in [0, 0.05) is 12.2 Å². The summed E-state index contributed by atoms with van der Waals surface area (Å²) in [7, 11) is 0. The fraction of sp³-hybridized carbons (Fsp3) is 0.235. The van der Waals surface area contributed by atoms with Gasteiger partial charge in [-0.3, -0.25) is 4.90 Å². The predicted molar refractivity (Wildman–Crippen MR) is 85.9 cm³/mol. The quantitative estimate of drug-likeness (QED) is 0.776. The van der Waals surface area contributed by atoms with E-state index in [9.17, 15) is 0 Å². The standard InChI is InChI=1S/C17H19N3O/c1-13-7-2-4-9-15(13)20(12-6-11-18)17-19-14-8-3-5-10-16(14)21-17/h2-5,7-10H,6,11-12,18H2,1H3. The minimum Gasteiger partial charge on any atom is -0.423 e. The topological polar surface area (TPSA) is 55.3 Å². The minimum absolute atomic E-state index is 0.624. The van der Waals surface area contributed by atoms with Gasteiger partial charge in [-0.1, -0.05) is 30.3 Å². The monoisotopic (exact) mass is 281 g/mol. The highest BCUT2D eigenvalue weighted by atomic mass is 16.4. The van der Waals surface area contributed by atoms with Crippen LogP contribution in [-0.4, -0.2) is 18.1 Å². The van der Waals surface area contributed by atoms with Crippen molar-refractivity contribution in [1.82, 2.24) is 4.98 Å². The van der Waals surface area contributed by atoms with Crippen LogP contribution in [0.3, 0.4) is 0 Å². The predicted octanol–water partition coefficient (Wildman–Crippen LogP) is 3.62. The highest BCUT2D eigenvalue weighted by Gasteiger charge is 2.17. The molecule has 108 valence electrons. The van der Waals surface area contributed by atoms with Gasteiger partial charge < -0.3 is 10.2 Å². The van der Waals surface area contributed by atoms with Crippen LogP contribution in [0.2, 0.25) is 0 Å². The van der Waals surface area contributed by atoms with E-state index in [1.54, 1.807) is 0 Å². The highest BCUT2D eigenvalue weighted by Crippen LogP contribution is 2.30. The van der Waals surface area contributed by atoms with Crippen LogP contribution in [0.15, 0.2) is 52.9 Å². The SMILES string of the molecule is Cc1ccccc1N(CCCN)c1nc2ccccc2o1. The van der Waals surface area contributed by atoms with E-state index in [2.05, 4.69) is 28.9 Å². The van der Waals surface area contributed by atoms with Crippen LogP contribution in [0, 0.1) is 6.92 Å². The number of rotatable bonds is 5. The molecule has 3 aromatic rings. The summed E-state index contributed by atoms with van der Waals surface area (Å²) < 4.78 is 5.91. The van der Waals surface area contributed by atoms with Crippen molar-refractivity contribution in [2.75, 3.05) is 18.0 Å². The number of benzene rings is 2. The van der Waals surface area contributed by atoms with Crippen molar-refractivity contribution >= 4 is 22.8 Å². The van der Waals surface area contributed by atoms with E-state index < -0.39 is 0 Å². The molecule has 1 heterocycles. The molecule has 0 amide bonds. The van der Waals surface area contributed by atoms with Crippen molar-refractivity contribution in [2.45, 2.75) is 13.3 Å². The van der Waals surface area contributed by atoms with E-state index in [0.717, 1.165) is 29.8 Å². The van der Waals surface area contributed by atoms with E-state index in [-0.39, 0.29) is 0 Å². The Morgan fingerprint density at radius 2 is 1.86 bits per heavy atom.